The molecule has 2 aromatic heterocycles. The van der Waals surface area contributed by atoms with E-state index in [-0.39, 0.29) is 27.8 Å². The fourth-order valence-corrected chi connectivity index (χ4v) is 7.42. The van der Waals surface area contributed by atoms with Crippen LogP contribution in [0.25, 0.3) is 0 Å². The van der Waals surface area contributed by atoms with Crippen molar-refractivity contribution in [3.63, 3.8) is 0 Å². The van der Waals surface area contributed by atoms with Crippen LogP contribution in [0.15, 0.2) is 10.1 Å². The summed E-state index contributed by atoms with van der Waals surface area (Å²) in [5.74, 6) is 2.04. The van der Waals surface area contributed by atoms with Gasteiger partial charge in [0, 0.05) is 0 Å². The predicted octanol–water partition coefficient (Wildman–Crippen LogP) is 4.06. The van der Waals surface area contributed by atoms with E-state index in [0.717, 1.165) is 92.6 Å². The van der Waals surface area contributed by atoms with Gasteiger partial charge < -0.3 is 0 Å². The molecule has 0 bridgehead atoms. The number of nitriles is 1. The van der Waals surface area contributed by atoms with Crippen LogP contribution < -0.4 is 5.73 Å². The summed E-state index contributed by atoms with van der Waals surface area (Å²) in [5, 5.41) is 14.5. The first-order valence-electron chi connectivity index (χ1n) is 10.9. The number of hydrogen-bond acceptors (Lipinski definition) is 5. The van der Waals surface area contributed by atoms with Crippen molar-refractivity contribution >= 4 is 32.8 Å². The van der Waals surface area contributed by atoms with E-state index in [1.807, 2.05) is 0 Å². The monoisotopic (exact) mass is 754 g/mol. The topological polar surface area (TPSA) is 75.8 Å². The maximum absolute atomic E-state index is 9.60. The van der Waals surface area contributed by atoms with Crippen molar-refractivity contribution in [2.45, 2.75) is 69.6 Å². The van der Waals surface area contributed by atoms with Crippen molar-refractivity contribution in [3.8, 4) is 6.07 Å². The Morgan fingerprint density at radius 3 is 2.73 bits per heavy atom. The molecule has 1 fully saturated rings. The van der Waals surface area contributed by atoms with Gasteiger partial charge in [0.25, 0.3) is 0 Å². The quantitative estimate of drug-likeness (QED) is 0.271. The molecule has 3 aliphatic carbocycles. The van der Waals surface area contributed by atoms with E-state index >= 15 is 0 Å². The third kappa shape index (κ3) is 5.31. The van der Waals surface area contributed by atoms with Crippen LogP contribution in [0.3, 0.4) is 0 Å². The van der Waals surface area contributed by atoms with Gasteiger partial charge in [-0.15, -0.1) is 0 Å². The maximum atomic E-state index is 9.60. The molecule has 33 heavy (non-hydrogen) atoms. The number of rotatable bonds is 1. The first-order chi connectivity index (χ1) is 15.4. The summed E-state index contributed by atoms with van der Waals surface area (Å²) in [5.41, 5.74) is 10.8. The molecular formula is C24H23AgBN3OSVW-2. The Hall–Kier alpha value is -0.242. The SMILES string of the molecule is N#Cc1c(N)sc2c1C1(CCC2)CCCc2c([C-]=[W])noc21.[Ag+].[B][C-]1CCCC(=[CH-])[C](=[V])C1. The van der Waals surface area contributed by atoms with Crippen LogP contribution in [0.1, 0.15) is 84.4 Å². The summed E-state index contributed by atoms with van der Waals surface area (Å²) in [6, 6.07) is 2.34. The van der Waals surface area contributed by atoms with Gasteiger partial charge in [0.15, 0.2) is 0 Å². The van der Waals surface area contributed by atoms with Crippen molar-refractivity contribution in [1.29, 1.82) is 5.26 Å². The molecule has 2 heterocycles. The summed E-state index contributed by atoms with van der Waals surface area (Å²) < 4.78 is 10.2. The molecule has 1 atom stereocenters. The van der Waals surface area contributed by atoms with Gasteiger partial charge in [0.2, 0.25) is 0 Å². The second-order valence-electron chi connectivity index (χ2n) is 8.64. The van der Waals surface area contributed by atoms with Gasteiger partial charge in [0.1, 0.15) is 0 Å². The van der Waals surface area contributed by atoms with E-state index in [1.54, 1.807) is 11.3 Å². The first kappa shape index (κ1) is 27.3. The fourth-order valence-electron chi connectivity index (χ4n) is 5.19. The van der Waals surface area contributed by atoms with Crippen molar-refractivity contribution in [2.24, 2.45) is 0 Å². The molecular weight excluding hydrogens is 732 g/mol. The molecule has 1 unspecified atom stereocenters. The number of fused-ring (bicyclic) bond motifs is 4. The molecule has 2 radical (unpaired) electrons. The van der Waals surface area contributed by atoms with E-state index in [1.165, 1.54) is 34.0 Å². The molecule has 2 N–H and O–H groups in total. The van der Waals surface area contributed by atoms with Crippen LogP contribution in [0.2, 0.25) is 0 Å². The molecule has 0 saturated heterocycles. The molecule has 0 amide bonds. The van der Waals surface area contributed by atoms with Crippen LogP contribution in [0.5, 0.6) is 0 Å². The van der Waals surface area contributed by atoms with Gasteiger partial charge in [-0.25, -0.2) is 0 Å². The van der Waals surface area contributed by atoms with Crippen LogP contribution in [0, 0.1) is 23.7 Å². The fraction of sp³-hybridized carbons (Fsp3) is 0.458. The molecule has 0 aromatic carbocycles. The van der Waals surface area contributed by atoms with Crippen LogP contribution >= 0.6 is 11.3 Å². The van der Waals surface area contributed by atoms with Crippen molar-refractivity contribution < 1.29 is 63.2 Å². The molecule has 0 aliphatic heterocycles. The van der Waals surface area contributed by atoms with Gasteiger partial charge in [-0.05, 0) is 0 Å². The standard InChI is InChI=1S/C16H14N3OS.C8H9B.Ag.V.W/c1-9-10-4-2-6-16(14(10)20-19-9)7-3-5-12-13(16)11(8-17)15(18)21-12;1-7-3-2-4-8(9)6-5-7;;;/h2-7,18H2;1H,2-4,6H2;;;/q-1;-2;+1;;. The normalized spacial score (nSPS) is 22.1. The van der Waals surface area contributed by atoms with Gasteiger partial charge in [-0.2, -0.15) is 0 Å². The number of thiophene rings is 1. The van der Waals surface area contributed by atoms with E-state index in [2.05, 4.69) is 32.6 Å². The third-order valence-electron chi connectivity index (χ3n) is 6.67. The Labute approximate surface area is 237 Å². The second kappa shape index (κ2) is 11.7. The Bertz CT molecular complexity index is 1120. The number of aryl methyl sites for hydroxylation is 1. The summed E-state index contributed by atoms with van der Waals surface area (Å²) >= 11 is 5.34. The molecule has 4 nitrogen and oxygen atoms in total. The Kier molecular flexibility index (Phi) is 9.66. The average Bonchev–Trinajstić information content (AvgIpc) is 3.31. The van der Waals surface area contributed by atoms with Crippen LogP contribution in [-0.4, -0.2) is 21.6 Å². The van der Waals surface area contributed by atoms with Gasteiger partial charge in [-0.1, -0.05) is 0 Å². The van der Waals surface area contributed by atoms with E-state index in [9.17, 15) is 5.26 Å². The minimum absolute atomic E-state index is 0. The zero-order valence-electron chi connectivity index (χ0n) is 18.2. The first-order valence-corrected chi connectivity index (χ1v) is 13.8. The number of nitrogens with two attached hydrogens (primary N) is 1. The summed E-state index contributed by atoms with van der Waals surface area (Å²) in [7, 11) is 5.70. The number of anilines is 1. The zero-order valence-corrected chi connectivity index (χ0v) is 24.8. The molecule has 5 rings (SSSR count). The van der Waals surface area contributed by atoms with Crippen molar-refractivity contribution in [1.82, 2.24) is 5.16 Å². The van der Waals surface area contributed by atoms with E-state index in [4.69, 9.17) is 24.7 Å². The molecule has 1 saturated carbocycles. The number of aromatic nitrogens is 1. The van der Waals surface area contributed by atoms with Gasteiger partial charge in [-0.3, -0.25) is 0 Å². The van der Waals surface area contributed by atoms with Crippen LogP contribution in [-0.2, 0) is 77.0 Å². The average molecular weight is 755 g/mol. The van der Waals surface area contributed by atoms with Crippen molar-refractivity contribution in [3.05, 3.63) is 51.0 Å². The Balaban J connectivity index is 0.000000237. The molecule has 3 aliphatic rings. The Morgan fingerprint density at radius 1 is 1.30 bits per heavy atom. The number of nitrogens with zero attached hydrogens (tertiary/aromatic N) is 2. The molecule has 2 aromatic rings. The predicted molar refractivity (Wildman–Crippen MR) is 121 cm³/mol. The molecule has 9 heteroatoms. The molecule has 173 valence electrons. The summed E-state index contributed by atoms with van der Waals surface area (Å²) in [6.07, 6.45) is 10.3. The molecule has 1 spiro atoms. The van der Waals surface area contributed by atoms with Crippen molar-refractivity contribution in [2.75, 3.05) is 5.73 Å². The van der Waals surface area contributed by atoms with Gasteiger partial charge >= 0.3 is 239 Å². The zero-order chi connectivity index (χ0) is 22.9. The summed E-state index contributed by atoms with van der Waals surface area (Å²) in [4.78, 5) is 1.26. The minimum atomic E-state index is -0.197. The van der Waals surface area contributed by atoms with Crippen LogP contribution in [0.4, 0.5) is 5.00 Å². The second-order valence-corrected chi connectivity index (χ2v) is 11.4. The van der Waals surface area contributed by atoms with Gasteiger partial charge in [0.05, 0.1) is 0 Å². The Morgan fingerprint density at radius 2 is 2.03 bits per heavy atom. The number of allylic oxidation sites excluding steroid dienone is 1. The number of hydrogen-bond donors (Lipinski definition) is 1. The van der Waals surface area contributed by atoms with E-state index < -0.39 is 0 Å². The number of nitrogen functional groups attached to an aromatic ring is 1. The van der Waals surface area contributed by atoms with E-state index in [0.29, 0.717) is 10.6 Å². The third-order valence-corrected chi connectivity index (χ3v) is 9.13. The summed E-state index contributed by atoms with van der Waals surface area (Å²) in [6.45, 7) is 5.74.